The van der Waals surface area contributed by atoms with Gasteiger partial charge in [0.15, 0.2) is 0 Å². The molecule has 4 rings (SSSR count). The Labute approximate surface area is 217 Å². The molecule has 0 spiro atoms. The van der Waals surface area contributed by atoms with Crippen molar-refractivity contribution in [2.75, 3.05) is 19.5 Å². The van der Waals surface area contributed by atoms with Crippen molar-refractivity contribution >= 4 is 28.5 Å². The zero-order valence-corrected chi connectivity index (χ0v) is 20.7. The van der Waals surface area contributed by atoms with E-state index in [0.29, 0.717) is 33.7 Å². The summed E-state index contributed by atoms with van der Waals surface area (Å²) in [7, 11) is 2.90. The number of carboxylic acid groups (broad SMARTS) is 1. The summed E-state index contributed by atoms with van der Waals surface area (Å²) in [5, 5.41) is 31.6. The summed E-state index contributed by atoms with van der Waals surface area (Å²) >= 11 is 0. The van der Waals surface area contributed by atoms with E-state index in [2.05, 4.69) is 15.6 Å². The third-order valence-electron chi connectivity index (χ3n) is 6.14. The second kappa shape index (κ2) is 11.5. The van der Waals surface area contributed by atoms with Gasteiger partial charge in [0.2, 0.25) is 0 Å². The lowest BCUT2D eigenvalue weighted by Gasteiger charge is -2.20. The lowest BCUT2D eigenvalue weighted by atomic mass is 9.92. The maximum atomic E-state index is 12.9. The molecule has 1 aromatic heterocycles. The number of rotatable bonds is 10. The summed E-state index contributed by atoms with van der Waals surface area (Å²) in [5.41, 5.74) is 1.03. The van der Waals surface area contributed by atoms with Crippen LogP contribution in [0.3, 0.4) is 0 Å². The molecule has 0 saturated carbocycles. The number of aryl methyl sites for hydroxylation is 1. The van der Waals surface area contributed by atoms with E-state index >= 15 is 0 Å². The number of fused-ring (bicyclic) bond motifs is 1. The van der Waals surface area contributed by atoms with Gasteiger partial charge >= 0.3 is 5.97 Å². The van der Waals surface area contributed by atoms with Gasteiger partial charge < -0.3 is 25.0 Å². The molecule has 11 heteroatoms. The van der Waals surface area contributed by atoms with Crippen LogP contribution in [0.25, 0.3) is 10.9 Å². The Balaban J connectivity index is 1.47. The SMILES string of the molecule is COc1cccc(OC)c1C(=O)Nc1ccc([C@@H](O)[C@H](CCn2nnc3ccccc3c2=O)C(=O)O)cc1. The number of aliphatic carboxylic acids is 1. The number of aliphatic hydroxyl groups is 1. The van der Waals surface area contributed by atoms with Gasteiger partial charge in [-0.1, -0.05) is 35.5 Å². The maximum absolute atomic E-state index is 12.9. The number of anilines is 1. The predicted octanol–water partition coefficient (Wildman–Crippen LogP) is 2.89. The Bertz CT molecular complexity index is 1500. The number of carbonyl (C=O) groups excluding carboxylic acids is 1. The number of ether oxygens (including phenoxy) is 2. The molecule has 0 saturated heterocycles. The van der Waals surface area contributed by atoms with E-state index in [4.69, 9.17) is 9.47 Å². The van der Waals surface area contributed by atoms with Crippen LogP contribution >= 0.6 is 0 Å². The fourth-order valence-electron chi connectivity index (χ4n) is 4.11. The fourth-order valence-corrected chi connectivity index (χ4v) is 4.11. The Morgan fingerprint density at radius 1 is 0.974 bits per heavy atom. The Hall–Kier alpha value is -4.77. The molecule has 0 aliphatic rings. The highest BCUT2D eigenvalue weighted by Gasteiger charge is 2.28. The summed E-state index contributed by atoms with van der Waals surface area (Å²) in [5.74, 6) is -2.21. The second-order valence-corrected chi connectivity index (χ2v) is 8.43. The Morgan fingerprint density at radius 3 is 2.26 bits per heavy atom. The summed E-state index contributed by atoms with van der Waals surface area (Å²) in [4.78, 5) is 37.5. The third kappa shape index (κ3) is 5.47. The standard InChI is InChI=1S/C27H26N4O7/c1-37-21-8-5-9-22(38-2)23(21)25(33)28-17-12-10-16(11-13-17)24(32)19(27(35)36)14-15-31-26(34)18-6-3-4-7-20(18)29-30-31/h3-13,19,24,32H,14-15H2,1-2H3,(H,28,33)(H,35,36)/t19-,24+/m0/s1. The van der Waals surface area contributed by atoms with Gasteiger partial charge in [-0.25, -0.2) is 4.68 Å². The van der Waals surface area contributed by atoms with Crippen molar-refractivity contribution < 1.29 is 29.3 Å². The summed E-state index contributed by atoms with van der Waals surface area (Å²) in [6, 6.07) is 17.9. The van der Waals surface area contributed by atoms with Gasteiger partial charge in [-0.15, -0.1) is 5.10 Å². The van der Waals surface area contributed by atoms with Crippen LogP contribution in [0.1, 0.15) is 28.4 Å². The number of amides is 1. The Kier molecular flexibility index (Phi) is 7.97. The highest BCUT2D eigenvalue weighted by atomic mass is 16.5. The van der Waals surface area contributed by atoms with Gasteiger partial charge in [0.05, 0.1) is 31.6 Å². The van der Waals surface area contributed by atoms with Crippen molar-refractivity contribution in [1.29, 1.82) is 0 Å². The topological polar surface area (TPSA) is 153 Å². The van der Waals surface area contributed by atoms with E-state index in [1.54, 1.807) is 54.6 Å². The van der Waals surface area contributed by atoms with E-state index in [1.807, 2.05) is 0 Å². The molecule has 2 atom stereocenters. The maximum Gasteiger partial charge on any atom is 0.309 e. The molecule has 1 amide bonds. The van der Waals surface area contributed by atoms with Crippen molar-refractivity contribution in [3.05, 3.63) is 88.2 Å². The van der Waals surface area contributed by atoms with E-state index < -0.39 is 23.9 Å². The van der Waals surface area contributed by atoms with Gasteiger partial charge in [0.25, 0.3) is 11.5 Å². The van der Waals surface area contributed by atoms with Gasteiger partial charge in [0.1, 0.15) is 22.6 Å². The highest BCUT2D eigenvalue weighted by molar-refractivity contribution is 6.08. The number of aliphatic hydroxyl groups excluding tert-OH is 1. The van der Waals surface area contributed by atoms with Gasteiger partial charge in [-0.3, -0.25) is 14.4 Å². The normalized spacial score (nSPS) is 12.5. The van der Waals surface area contributed by atoms with Crippen LogP contribution in [0.2, 0.25) is 0 Å². The van der Waals surface area contributed by atoms with Gasteiger partial charge in [-0.05, 0) is 48.4 Å². The third-order valence-corrected chi connectivity index (χ3v) is 6.14. The lowest BCUT2D eigenvalue weighted by molar-refractivity contribution is -0.146. The second-order valence-electron chi connectivity index (χ2n) is 8.43. The lowest BCUT2D eigenvalue weighted by Crippen LogP contribution is -2.29. The minimum absolute atomic E-state index is 0.0421. The Morgan fingerprint density at radius 2 is 1.63 bits per heavy atom. The van der Waals surface area contributed by atoms with Crippen LogP contribution in [0.15, 0.2) is 71.5 Å². The molecule has 0 aliphatic carbocycles. The molecule has 196 valence electrons. The van der Waals surface area contributed by atoms with Crippen molar-refractivity contribution in [2.45, 2.75) is 19.1 Å². The summed E-state index contributed by atoms with van der Waals surface area (Å²) in [6.07, 6.45) is -1.43. The molecule has 0 aliphatic heterocycles. The molecule has 3 N–H and O–H groups in total. The monoisotopic (exact) mass is 518 g/mol. The molecule has 3 aromatic carbocycles. The largest absolute Gasteiger partial charge is 0.496 e. The van der Waals surface area contributed by atoms with E-state index in [1.165, 1.54) is 26.4 Å². The quantitative estimate of drug-likeness (QED) is 0.288. The zero-order valence-electron chi connectivity index (χ0n) is 20.7. The minimum Gasteiger partial charge on any atom is -0.496 e. The van der Waals surface area contributed by atoms with Gasteiger partial charge in [-0.2, -0.15) is 0 Å². The number of carboxylic acids is 1. The molecule has 11 nitrogen and oxygen atoms in total. The van der Waals surface area contributed by atoms with Crippen LogP contribution in [0, 0.1) is 5.92 Å². The minimum atomic E-state index is -1.37. The van der Waals surface area contributed by atoms with Crippen LogP contribution < -0.4 is 20.3 Å². The molecule has 0 unspecified atom stereocenters. The first kappa shape index (κ1) is 26.3. The average Bonchev–Trinajstić information content (AvgIpc) is 2.93. The summed E-state index contributed by atoms with van der Waals surface area (Å²) < 4.78 is 11.6. The number of benzene rings is 3. The molecule has 0 bridgehead atoms. The van der Waals surface area contributed by atoms with E-state index in [0.717, 1.165) is 4.68 Å². The smallest absolute Gasteiger partial charge is 0.309 e. The number of hydrogen-bond donors (Lipinski definition) is 3. The van der Waals surface area contributed by atoms with Crippen molar-refractivity contribution in [3.63, 3.8) is 0 Å². The van der Waals surface area contributed by atoms with Crippen molar-refractivity contribution in [2.24, 2.45) is 5.92 Å². The van der Waals surface area contributed by atoms with Crippen molar-refractivity contribution in [3.8, 4) is 11.5 Å². The highest BCUT2D eigenvalue weighted by Crippen LogP contribution is 2.30. The predicted molar refractivity (Wildman–Crippen MR) is 138 cm³/mol. The molecule has 38 heavy (non-hydrogen) atoms. The average molecular weight is 519 g/mol. The number of nitrogens with zero attached hydrogens (tertiary/aromatic N) is 3. The molecular weight excluding hydrogens is 492 g/mol. The number of carbonyl (C=O) groups is 2. The van der Waals surface area contributed by atoms with E-state index in [-0.39, 0.29) is 24.1 Å². The molecule has 0 fully saturated rings. The molecule has 4 aromatic rings. The first-order chi connectivity index (χ1) is 18.3. The van der Waals surface area contributed by atoms with E-state index in [9.17, 15) is 24.6 Å². The number of methoxy groups -OCH3 is 2. The fraction of sp³-hybridized carbons (Fsp3) is 0.222. The first-order valence-electron chi connectivity index (χ1n) is 11.7. The van der Waals surface area contributed by atoms with Crippen LogP contribution in [-0.2, 0) is 11.3 Å². The van der Waals surface area contributed by atoms with Crippen LogP contribution in [-0.4, -0.2) is 51.3 Å². The number of nitrogens with one attached hydrogen (secondary N) is 1. The molecule has 0 radical (unpaired) electrons. The van der Waals surface area contributed by atoms with Crippen LogP contribution in [0.5, 0.6) is 11.5 Å². The van der Waals surface area contributed by atoms with Gasteiger partial charge in [0, 0.05) is 12.2 Å². The number of aromatic nitrogens is 3. The molecular formula is C27H26N4O7. The first-order valence-corrected chi connectivity index (χ1v) is 11.7. The summed E-state index contributed by atoms with van der Waals surface area (Å²) in [6.45, 7) is -0.0421. The molecule has 1 heterocycles. The zero-order chi connectivity index (χ0) is 27.2. The van der Waals surface area contributed by atoms with Crippen LogP contribution in [0.4, 0.5) is 5.69 Å². The van der Waals surface area contributed by atoms with Crippen molar-refractivity contribution in [1.82, 2.24) is 15.0 Å². The number of hydrogen-bond acceptors (Lipinski definition) is 8.